The molecule has 4 aromatic carbocycles. The van der Waals surface area contributed by atoms with Crippen molar-refractivity contribution in [3.8, 4) is 23.0 Å². The second-order valence-electron chi connectivity index (χ2n) is 20.3. The largest absolute Gasteiger partial charge is 0.487 e. The fraction of sp³-hybridized carbons (Fsp3) is 0.370. The molecule has 10 N–H and O–H groups in total. The topological polar surface area (TPSA) is 418 Å². The van der Waals surface area contributed by atoms with E-state index in [9.17, 15) is 55.0 Å². The minimum absolute atomic E-state index is 0.0133. The highest BCUT2D eigenvalue weighted by molar-refractivity contribution is 7.91. The number of nitrogens with zero attached hydrogens (tertiary/aromatic N) is 8. The van der Waals surface area contributed by atoms with E-state index in [0.29, 0.717) is 65.9 Å². The number of nitrogens with one attached hydrogen (secondary N) is 2. The number of benzene rings is 4. The highest BCUT2D eigenvalue weighted by Crippen LogP contribution is 2.31. The van der Waals surface area contributed by atoms with Gasteiger partial charge in [0.1, 0.15) is 97.3 Å². The fourth-order valence-corrected chi connectivity index (χ4v) is 11.8. The van der Waals surface area contributed by atoms with Crippen molar-refractivity contribution in [3.05, 3.63) is 120 Å². The summed E-state index contributed by atoms with van der Waals surface area (Å²) in [7, 11) is -7.86. The Morgan fingerprint density at radius 3 is 1.24 bits per heavy atom. The number of fused-ring (bicyclic) bond motifs is 2. The Bertz CT molecular complexity index is 3670. The molecule has 8 rings (SSSR count). The number of aliphatic carboxylic acids is 2. The van der Waals surface area contributed by atoms with Gasteiger partial charge in [0.25, 0.3) is 20.0 Å². The van der Waals surface area contributed by atoms with Gasteiger partial charge in [-0.2, -0.15) is 0 Å². The van der Waals surface area contributed by atoms with Crippen LogP contribution in [0.2, 0.25) is 0 Å². The molecule has 2 amide bonds. The van der Waals surface area contributed by atoms with Crippen LogP contribution >= 0.6 is 22.7 Å². The van der Waals surface area contributed by atoms with Crippen molar-refractivity contribution in [1.29, 1.82) is 0 Å². The SMILES string of the molecule is CC(C)[C@@H](C(=O)N[C@@H](Cc1ccc(OC(CO)CF)cc1)C(=O)O)n1cc(COc2ccc3nc(S(N)(=O)=O)sc3c2)nn1.CC(C)[C@H](C(=O)N[C@@H](Cc1ccc(OC(CO)CF)cc1)C(=O)O)n1cc(COc2ccc3nc(S(N)(=O)=O)sc3c2)nn1. The van der Waals surface area contributed by atoms with E-state index in [4.69, 9.17) is 39.4 Å². The van der Waals surface area contributed by atoms with Gasteiger partial charge >= 0.3 is 11.9 Å². The molecule has 88 heavy (non-hydrogen) atoms. The summed E-state index contributed by atoms with van der Waals surface area (Å²) in [6, 6.07) is 17.9. The number of carbonyl (C=O) groups is 4. The number of rotatable bonds is 30. The Hall–Kier alpha value is -8.38. The number of ether oxygens (including phenoxy) is 4. The minimum Gasteiger partial charge on any atom is -0.487 e. The van der Waals surface area contributed by atoms with Crippen molar-refractivity contribution < 1.29 is 84.2 Å². The van der Waals surface area contributed by atoms with Crippen molar-refractivity contribution in [3.63, 3.8) is 0 Å². The van der Waals surface area contributed by atoms with Crippen LogP contribution < -0.4 is 39.9 Å². The summed E-state index contributed by atoms with van der Waals surface area (Å²) < 4.78 is 97.5. The molecule has 28 nitrogen and oxygen atoms in total. The number of primary sulfonamides is 2. The number of aromatic nitrogens is 8. The first-order chi connectivity index (χ1) is 41.7. The Kier molecular flexibility index (Phi) is 22.9. The molecule has 0 aliphatic heterocycles. The van der Waals surface area contributed by atoms with Crippen molar-refractivity contribution in [2.75, 3.05) is 26.6 Å². The van der Waals surface area contributed by atoms with Gasteiger partial charge in [-0.1, -0.05) is 62.4 Å². The average molecular weight is 1300 g/mol. The molecule has 4 heterocycles. The van der Waals surface area contributed by atoms with Gasteiger partial charge in [-0.25, -0.2) is 64.8 Å². The van der Waals surface area contributed by atoms with E-state index in [0.717, 1.165) is 22.7 Å². The quantitative estimate of drug-likeness (QED) is 0.0318. The molecule has 34 heteroatoms. The van der Waals surface area contributed by atoms with E-state index >= 15 is 0 Å². The Morgan fingerprint density at radius 1 is 0.580 bits per heavy atom. The number of thiazole rings is 2. The second-order valence-corrected chi connectivity index (χ2v) is 25.8. The number of halogens is 2. The summed E-state index contributed by atoms with van der Waals surface area (Å²) in [5, 5.41) is 69.5. The number of carbonyl (C=O) groups excluding carboxylic acids is 2. The highest BCUT2D eigenvalue weighted by Gasteiger charge is 2.32. The van der Waals surface area contributed by atoms with Crippen LogP contribution in [-0.2, 0) is 65.3 Å². The number of amides is 2. The number of hydrogen-bond donors (Lipinski definition) is 8. The van der Waals surface area contributed by atoms with Crippen molar-refractivity contribution in [2.45, 2.75) is 98.8 Å². The first-order valence-corrected chi connectivity index (χ1v) is 31.3. The third kappa shape index (κ3) is 18.3. The van der Waals surface area contributed by atoms with Crippen LogP contribution in [0.15, 0.2) is 106 Å². The fourth-order valence-electron chi connectivity index (χ4n) is 8.41. The van der Waals surface area contributed by atoms with E-state index < -0.39 is 107 Å². The number of hydrogen-bond acceptors (Lipinski definition) is 22. The van der Waals surface area contributed by atoms with E-state index in [-0.39, 0.29) is 46.6 Å². The third-order valence-corrected chi connectivity index (χ3v) is 17.4. The van der Waals surface area contributed by atoms with Gasteiger partial charge in [-0.3, -0.25) is 9.59 Å². The number of carboxylic acid groups (broad SMARTS) is 2. The number of nitrogens with two attached hydrogens (primary N) is 2. The van der Waals surface area contributed by atoms with Crippen LogP contribution in [0.3, 0.4) is 0 Å². The zero-order valence-corrected chi connectivity index (χ0v) is 50.6. The van der Waals surface area contributed by atoms with Crippen LogP contribution in [0.25, 0.3) is 20.4 Å². The Labute approximate surface area is 509 Å². The van der Waals surface area contributed by atoms with Crippen LogP contribution in [0, 0.1) is 11.8 Å². The molecule has 4 aromatic heterocycles. The number of aliphatic hydroxyl groups is 2. The molecule has 472 valence electrons. The monoisotopic (exact) mass is 1300 g/mol. The number of carboxylic acids is 2. The molecule has 0 radical (unpaired) electrons. The molecular weight excluding hydrogens is 1240 g/mol. The first-order valence-electron chi connectivity index (χ1n) is 26.6. The van der Waals surface area contributed by atoms with Gasteiger partial charge in [0.05, 0.1) is 46.0 Å². The average Bonchev–Trinajstić information content (AvgIpc) is 4.50. The lowest BCUT2D eigenvalue weighted by atomic mass is 10.0. The molecule has 8 aromatic rings. The van der Waals surface area contributed by atoms with Crippen LogP contribution in [0.4, 0.5) is 8.78 Å². The van der Waals surface area contributed by atoms with Gasteiger partial charge in [-0.05, 0) is 83.6 Å². The molecule has 0 saturated carbocycles. The number of aliphatic hydroxyl groups excluding tert-OH is 2. The third-order valence-electron chi connectivity index (χ3n) is 12.7. The van der Waals surface area contributed by atoms with Gasteiger partial charge in [0.2, 0.25) is 20.5 Å². The molecule has 0 saturated heterocycles. The molecule has 0 aliphatic rings. The predicted octanol–water partition coefficient (Wildman–Crippen LogP) is 3.67. The van der Waals surface area contributed by atoms with E-state index in [1.54, 1.807) is 88.4 Å². The molecule has 0 fully saturated rings. The molecule has 2 unspecified atom stereocenters. The molecular formula is C54H62F2N12O16S4. The Morgan fingerprint density at radius 2 is 0.932 bits per heavy atom. The van der Waals surface area contributed by atoms with Crippen molar-refractivity contribution >= 4 is 86.9 Å². The molecule has 0 spiro atoms. The summed E-state index contributed by atoms with van der Waals surface area (Å²) in [4.78, 5) is 58.6. The smallest absolute Gasteiger partial charge is 0.326 e. The molecule has 0 bridgehead atoms. The normalized spacial score (nSPS) is 13.9. The van der Waals surface area contributed by atoms with Crippen molar-refractivity contribution in [2.24, 2.45) is 22.1 Å². The van der Waals surface area contributed by atoms with Crippen LogP contribution in [0.5, 0.6) is 23.0 Å². The first kappa shape index (κ1) is 67.1. The maximum atomic E-state index is 13.3. The van der Waals surface area contributed by atoms with Gasteiger partial charge in [0, 0.05) is 12.8 Å². The van der Waals surface area contributed by atoms with Gasteiger partial charge in [-0.15, -0.1) is 32.9 Å². The summed E-state index contributed by atoms with van der Waals surface area (Å²) in [5.74, 6) is -2.70. The van der Waals surface area contributed by atoms with Crippen molar-refractivity contribution in [1.82, 2.24) is 50.6 Å². The van der Waals surface area contributed by atoms with E-state index in [1.807, 2.05) is 0 Å². The summed E-state index contributed by atoms with van der Waals surface area (Å²) in [6.45, 7) is 4.42. The maximum Gasteiger partial charge on any atom is 0.326 e. The van der Waals surface area contributed by atoms with Gasteiger partial charge in [0.15, 0.2) is 0 Å². The minimum atomic E-state index is -3.93. The van der Waals surface area contributed by atoms with E-state index in [2.05, 4.69) is 41.2 Å². The zero-order valence-electron chi connectivity index (χ0n) is 47.3. The maximum absolute atomic E-state index is 13.3. The van der Waals surface area contributed by atoms with Crippen LogP contribution in [0.1, 0.15) is 62.3 Å². The standard InChI is InChI=1S/2C27H31FN6O8S2/c2*1-15(2)24(25(36)30-22(26(37)38)9-16-3-5-18(6-4-16)42-20(11-28)13-35)34-12-17(32-33-34)14-41-19-7-8-21-23(10-19)43-27(31-21)44(29,39)40/h2*3-8,10,12,15,20,22,24,35H,9,11,13-14H2,1-2H3,(H,30,36)(H,37,38)(H2,29,39,40)/t20?,22-,24+;20?,22-,24-/m00/s1. The number of sulfonamides is 2. The lowest BCUT2D eigenvalue weighted by Gasteiger charge is -2.23. The molecule has 0 aliphatic carbocycles. The lowest BCUT2D eigenvalue weighted by Crippen LogP contribution is -2.46. The highest BCUT2D eigenvalue weighted by atomic mass is 32.3. The summed E-state index contributed by atoms with van der Waals surface area (Å²) in [6.07, 6.45) is 1.01. The molecule has 6 atom stereocenters. The van der Waals surface area contributed by atoms with E-state index in [1.165, 1.54) is 46.0 Å². The predicted molar refractivity (Wildman–Crippen MR) is 313 cm³/mol. The number of alkyl halides is 2. The summed E-state index contributed by atoms with van der Waals surface area (Å²) >= 11 is 1.83. The second kappa shape index (κ2) is 30.0. The zero-order chi connectivity index (χ0) is 64.0. The van der Waals surface area contributed by atoms with Gasteiger partial charge < -0.3 is 50.0 Å². The Balaban J connectivity index is 0.000000251. The van der Waals surface area contributed by atoms with Crippen LogP contribution in [-0.4, -0.2) is 152 Å². The lowest BCUT2D eigenvalue weighted by molar-refractivity contribution is -0.142. The summed E-state index contributed by atoms with van der Waals surface area (Å²) in [5.41, 5.74) is 2.88.